The summed E-state index contributed by atoms with van der Waals surface area (Å²) >= 11 is 0. The first-order valence-electron chi connectivity index (χ1n) is 24.6. The van der Waals surface area contributed by atoms with E-state index in [0.717, 1.165) is 64.2 Å². The fourth-order valence-electron chi connectivity index (χ4n) is 6.74. The second kappa shape index (κ2) is 43.2. The average molecular weight is 848 g/mol. The number of esters is 2. The van der Waals surface area contributed by atoms with Gasteiger partial charge in [0.1, 0.15) is 13.2 Å². The summed E-state index contributed by atoms with van der Waals surface area (Å²) in [4.78, 5) is 37.1. The number of unbranched alkanes of at least 4 members (excludes halogenated alkanes) is 24. The molecule has 0 saturated carbocycles. The summed E-state index contributed by atoms with van der Waals surface area (Å²) in [5.74, 6) is -2.30. The SMILES string of the molecule is CCCCC/C=C\C/C=C\CCCCCCCCCC(=O)OC(COC(=O)CCCCCCCCC/C=C\CCCCCCCCC)COC(OCC[N+](C)(C)C)C(=O)[O-]. The van der Waals surface area contributed by atoms with E-state index in [0.29, 0.717) is 17.4 Å². The Bertz CT molecular complexity index is 1080. The molecule has 0 fully saturated rings. The van der Waals surface area contributed by atoms with Crippen molar-refractivity contribution < 1.29 is 42.9 Å². The monoisotopic (exact) mass is 848 g/mol. The summed E-state index contributed by atoms with van der Waals surface area (Å²) in [5, 5.41) is 11.7. The van der Waals surface area contributed by atoms with Crippen LogP contribution in [0.4, 0.5) is 0 Å². The maximum absolute atomic E-state index is 12.8. The fourth-order valence-corrected chi connectivity index (χ4v) is 6.74. The molecule has 0 saturated heterocycles. The Morgan fingerprint density at radius 3 is 1.37 bits per heavy atom. The lowest BCUT2D eigenvalue weighted by Crippen LogP contribution is -2.44. The minimum absolute atomic E-state index is 0.145. The van der Waals surface area contributed by atoms with E-state index in [2.05, 4.69) is 50.3 Å². The van der Waals surface area contributed by atoms with Crippen LogP contribution in [-0.2, 0) is 33.3 Å². The lowest BCUT2D eigenvalue weighted by Gasteiger charge is -2.26. The Labute approximate surface area is 369 Å². The van der Waals surface area contributed by atoms with E-state index in [1.54, 1.807) is 0 Å². The van der Waals surface area contributed by atoms with Crippen LogP contribution in [0.2, 0.25) is 0 Å². The van der Waals surface area contributed by atoms with Gasteiger partial charge >= 0.3 is 11.9 Å². The first kappa shape index (κ1) is 57.5. The highest BCUT2D eigenvalue weighted by Gasteiger charge is 2.21. The molecule has 0 aromatic rings. The molecule has 0 spiro atoms. The number of allylic oxidation sites excluding steroid dienone is 6. The molecule has 0 bridgehead atoms. The van der Waals surface area contributed by atoms with Crippen LogP contribution in [0.15, 0.2) is 36.5 Å². The van der Waals surface area contributed by atoms with Gasteiger partial charge in [0.15, 0.2) is 12.4 Å². The van der Waals surface area contributed by atoms with Gasteiger partial charge in [0.25, 0.3) is 0 Å². The van der Waals surface area contributed by atoms with Crippen molar-refractivity contribution in [2.75, 3.05) is 47.5 Å². The predicted molar refractivity (Wildman–Crippen MR) is 246 cm³/mol. The van der Waals surface area contributed by atoms with Crippen molar-refractivity contribution in [3.63, 3.8) is 0 Å². The Hall–Kier alpha value is -2.49. The summed E-state index contributed by atoms with van der Waals surface area (Å²) in [5.41, 5.74) is 0. The van der Waals surface area contributed by atoms with Crippen LogP contribution in [0.25, 0.3) is 0 Å². The fraction of sp³-hybridized carbons (Fsp3) is 0.824. The third-order valence-corrected chi connectivity index (χ3v) is 10.6. The van der Waals surface area contributed by atoms with Crippen molar-refractivity contribution in [2.24, 2.45) is 0 Å². The molecule has 9 nitrogen and oxygen atoms in total. The number of rotatable bonds is 45. The molecular formula is C51H93NO8. The highest BCUT2D eigenvalue weighted by Crippen LogP contribution is 2.14. The van der Waals surface area contributed by atoms with Crippen LogP contribution in [0.1, 0.15) is 213 Å². The van der Waals surface area contributed by atoms with Crippen LogP contribution in [0, 0.1) is 0 Å². The zero-order valence-electron chi connectivity index (χ0n) is 39.6. The van der Waals surface area contributed by atoms with Gasteiger partial charge in [0.05, 0.1) is 40.3 Å². The van der Waals surface area contributed by atoms with Crippen molar-refractivity contribution >= 4 is 17.9 Å². The zero-order chi connectivity index (χ0) is 44.2. The van der Waals surface area contributed by atoms with E-state index >= 15 is 0 Å². The summed E-state index contributed by atoms with van der Waals surface area (Å²) in [6.45, 7) is 4.71. The molecule has 9 heteroatoms. The van der Waals surface area contributed by atoms with Gasteiger partial charge in [-0.2, -0.15) is 0 Å². The maximum atomic E-state index is 12.8. The van der Waals surface area contributed by atoms with Gasteiger partial charge in [-0.1, -0.05) is 166 Å². The standard InChI is InChI=1S/C51H93NO8/c1-6-8-10-12-14-16-18-20-22-24-26-27-29-31-33-35-37-39-41-48(53)58-45-47(46-59-51(50(55)56)57-44-43-52(3,4)5)60-49(54)42-40-38-36-34-32-30-28-25-23-21-19-17-15-13-11-9-7-2/h15,17,21-24,47,51H,6-14,16,18-20,25-46H2,1-5H3/b17-15-,23-21-,24-22-. The van der Waals surface area contributed by atoms with Gasteiger partial charge in [-0.15, -0.1) is 0 Å². The van der Waals surface area contributed by atoms with Gasteiger partial charge in [-0.25, -0.2) is 0 Å². The molecule has 0 aromatic carbocycles. The van der Waals surface area contributed by atoms with Crippen molar-refractivity contribution in [1.29, 1.82) is 0 Å². The maximum Gasteiger partial charge on any atom is 0.306 e. The first-order chi connectivity index (χ1) is 29.1. The van der Waals surface area contributed by atoms with Crippen LogP contribution in [0.5, 0.6) is 0 Å². The van der Waals surface area contributed by atoms with Crippen LogP contribution < -0.4 is 5.11 Å². The van der Waals surface area contributed by atoms with Crippen molar-refractivity contribution in [3.8, 4) is 0 Å². The van der Waals surface area contributed by atoms with E-state index < -0.39 is 24.3 Å². The Kier molecular flexibility index (Phi) is 41.4. The molecule has 2 atom stereocenters. The highest BCUT2D eigenvalue weighted by molar-refractivity contribution is 5.70. The largest absolute Gasteiger partial charge is 0.545 e. The third-order valence-electron chi connectivity index (χ3n) is 10.6. The van der Waals surface area contributed by atoms with Gasteiger partial charge in [-0.05, 0) is 70.6 Å². The Morgan fingerprint density at radius 1 is 0.500 bits per heavy atom. The minimum Gasteiger partial charge on any atom is -0.545 e. The lowest BCUT2D eigenvalue weighted by atomic mass is 10.1. The minimum atomic E-state index is -1.62. The molecule has 0 radical (unpaired) electrons. The normalized spacial score (nSPS) is 13.2. The van der Waals surface area contributed by atoms with Gasteiger partial charge in [0, 0.05) is 12.8 Å². The number of likely N-dealkylation sites (N-methyl/N-ethyl adjacent to an activating group) is 1. The van der Waals surface area contributed by atoms with Crippen LogP contribution in [-0.4, -0.2) is 82.3 Å². The molecule has 2 unspecified atom stereocenters. The quantitative estimate of drug-likeness (QED) is 0.0196. The molecule has 0 aliphatic carbocycles. The number of aliphatic carboxylic acids is 1. The number of carboxylic acid groups (broad SMARTS) is 1. The van der Waals surface area contributed by atoms with E-state index in [4.69, 9.17) is 18.9 Å². The van der Waals surface area contributed by atoms with Gasteiger partial charge < -0.3 is 33.3 Å². The molecule has 0 aromatic heterocycles. The Morgan fingerprint density at radius 2 is 0.900 bits per heavy atom. The lowest BCUT2D eigenvalue weighted by molar-refractivity contribution is -0.870. The zero-order valence-corrected chi connectivity index (χ0v) is 39.6. The summed E-state index contributed by atoms with van der Waals surface area (Å²) in [7, 11) is 5.91. The third kappa shape index (κ3) is 43.6. The first-order valence-corrected chi connectivity index (χ1v) is 24.6. The topological polar surface area (TPSA) is 111 Å². The summed E-state index contributed by atoms with van der Waals surface area (Å²) < 4.78 is 22.6. The van der Waals surface area contributed by atoms with E-state index in [1.807, 2.05) is 21.1 Å². The number of carbonyl (C=O) groups is 3. The molecule has 0 aliphatic heterocycles. The van der Waals surface area contributed by atoms with Crippen LogP contribution in [0.3, 0.4) is 0 Å². The number of hydrogen-bond donors (Lipinski definition) is 0. The number of quaternary nitrogens is 1. The van der Waals surface area contributed by atoms with Crippen molar-refractivity contribution in [1.82, 2.24) is 0 Å². The summed E-state index contributed by atoms with van der Waals surface area (Å²) in [6, 6.07) is 0. The number of carbonyl (C=O) groups excluding carboxylic acids is 3. The average Bonchev–Trinajstić information content (AvgIpc) is 3.21. The molecule has 0 rings (SSSR count). The van der Waals surface area contributed by atoms with Crippen molar-refractivity contribution in [3.05, 3.63) is 36.5 Å². The van der Waals surface area contributed by atoms with Crippen molar-refractivity contribution in [2.45, 2.75) is 225 Å². The number of nitrogens with zero attached hydrogens (tertiary/aromatic N) is 1. The van der Waals surface area contributed by atoms with Crippen LogP contribution >= 0.6 is 0 Å². The highest BCUT2D eigenvalue weighted by atomic mass is 16.7. The number of ether oxygens (including phenoxy) is 4. The van der Waals surface area contributed by atoms with E-state index in [9.17, 15) is 19.5 Å². The van der Waals surface area contributed by atoms with E-state index in [1.165, 1.54) is 116 Å². The molecule has 60 heavy (non-hydrogen) atoms. The van der Waals surface area contributed by atoms with Gasteiger partial charge in [-0.3, -0.25) is 9.59 Å². The second-order valence-corrected chi connectivity index (χ2v) is 17.7. The molecule has 0 amide bonds. The smallest absolute Gasteiger partial charge is 0.306 e. The molecule has 0 aliphatic rings. The molecular weight excluding hydrogens is 755 g/mol. The number of hydrogen-bond acceptors (Lipinski definition) is 8. The second-order valence-electron chi connectivity index (χ2n) is 17.7. The molecule has 0 heterocycles. The van der Waals surface area contributed by atoms with Gasteiger partial charge in [0.2, 0.25) is 0 Å². The van der Waals surface area contributed by atoms with E-state index in [-0.39, 0.29) is 38.6 Å². The Balaban J connectivity index is 4.39. The predicted octanol–water partition coefficient (Wildman–Crippen LogP) is 12.1. The molecule has 0 N–H and O–H groups in total. The molecule has 350 valence electrons. The summed E-state index contributed by atoms with van der Waals surface area (Å²) in [6.07, 6.45) is 46.0. The number of carboxylic acids is 1.